The molecule has 1 amide bonds. The Morgan fingerprint density at radius 3 is 2.76 bits per heavy atom. The lowest BCUT2D eigenvalue weighted by molar-refractivity contribution is -0.116. The summed E-state index contributed by atoms with van der Waals surface area (Å²) in [5.74, 6) is 4.71. The summed E-state index contributed by atoms with van der Waals surface area (Å²) >= 11 is 0. The highest BCUT2D eigenvalue weighted by molar-refractivity contribution is 5.90. The molecule has 0 bridgehead atoms. The molecule has 0 spiro atoms. The highest BCUT2D eigenvalue weighted by atomic mass is 16.5. The minimum Gasteiger partial charge on any atom is -0.483 e. The molecule has 0 aliphatic carbocycles. The standard InChI is InChI=1S/C15H15N3O3/c16-18-15(20)7-6-12-8-13(19)14(9-17-12)21-10-11-4-2-1-3-5-11/h1-9H,10,16H2,(H,17,19)(H,18,20). The van der Waals surface area contributed by atoms with E-state index in [2.05, 4.69) is 4.98 Å². The van der Waals surface area contributed by atoms with E-state index in [-0.39, 0.29) is 11.2 Å². The van der Waals surface area contributed by atoms with E-state index in [9.17, 15) is 9.59 Å². The molecule has 4 N–H and O–H groups in total. The predicted octanol–water partition coefficient (Wildman–Crippen LogP) is 0.957. The van der Waals surface area contributed by atoms with Gasteiger partial charge in [-0.15, -0.1) is 0 Å². The van der Waals surface area contributed by atoms with Gasteiger partial charge in [0.2, 0.25) is 5.43 Å². The average molecular weight is 285 g/mol. The van der Waals surface area contributed by atoms with E-state index in [1.807, 2.05) is 35.8 Å². The topological polar surface area (TPSA) is 97.2 Å². The first kappa shape index (κ1) is 14.5. The lowest BCUT2D eigenvalue weighted by Crippen LogP contribution is -2.27. The molecule has 2 rings (SSSR count). The Kier molecular flexibility index (Phi) is 4.89. The van der Waals surface area contributed by atoms with Crippen LogP contribution in [0.25, 0.3) is 6.08 Å². The molecule has 1 heterocycles. The number of H-pyrrole nitrogens is 1. The van der Waals surface area contributed by atoms with Gasteiger partial charge in [-0.2, -0.15) is 0 Å². The van der Waals surface area contributed by atoms with E-state index in [1.54, 1.807) is 0 Å². The van der Waals surface area contributed by atoms with Crippen LogP contribution in [0.4, 0.5) is 0 Å². The van der Waals surface area contributed by atoms with Gasteiger partial charge in [0.05, 0.1) is 0 Å². The van der Waals surface area contributed by atoms with Crippen LogP contribution >= 0.6 is 0 Å². The maximum atomic E-state index is 11.9. The molecule has 0 saturated heterocycles. The molecule has 0 aliphatic rings. The predicted molar refractivity (Wildman–Crippen MR) is 79.2 cm³/mol. The van der Waals surface area contributed by atoms with Gasteiger partial charge in [-0.25, -0.2) is 5.84 Å². The number of hydrogen-bond donors (Lipinski definition) is 3. The zero-order valence-electron chi connectivity index (χ0n) is 11.2. The van der Waals surface area contributed by atoms with Gasteiger partial charge in [-0.05, 0) is 11.6 Å². The number of benzene rings is 1. The zero-order chi connectivity index (χ0) is 15.1. The van der Waals surface area contributed by atoms with Gasteiger partial charge >= 0.3 is 0 Å². The second kappa shape index (κ2) is 7.06. The van der Waals surface area contributed by atoms with Crippen molar-refractivity contribution >= 4 is 12.0 Å². The third-order valence-electron chi connectivity index (χ3n) is 2.69. The maximum absolute atomic E-state index is 11.9. The van der Waals surface area contributed by atoms with Crippen molar-refractivity contribution in [2.75, 3.05) is 0 Å². The highest BCUT2D eigenvalue weighted by Crippen LogP contribution is 2.07. The number of carbonyl (C=O) groups is 1. The summed E-state index contributed by atoms with van der Waals surface area (Å²) in [6.07, 6.45) is 4.13. The number of pyridine rings is 1. The van der Waals surface area contributed by atoms with Crippen LogP contribution in [0.5, 0.6) is 5.75 Å². The van der Waals surface area contributed by atoms with Crippen LogP contribution in [0, 0.1) is 0 Å². The van der Waals surface area contributed by atoms with Crippen molar-refractivity contribution in [2.24, 2.45) is 5.84 Å². The summed E-state index contributed by atoms with van der Waals surface area (Å²) in [6.45, 7) is 0.314. The molecular formula is C15H15N3O3. The second-order valence-electron chi connectivity index (χ2n) is 4.23. The molecule has 21 heavy (non-hydrogen) atoms. The second-order valence-corrected chi connectivity index (χ2v) is 4.23. The van der Waals surface area contributed by atoms with Gasteiger partial charge in [0.15, 0.2) is 5.75 Å². The SMILES string of the molecule is NNC(=O)C=Cc1cc(=O)c(OCc2ccccc2)c[nH]1. The van der Waals surface area contributed by atoms with Crippen molar-refractivity contribution in [3.8, 4) is 5.75 Å². The molecule has 0 aliphatic heterocycles. The fourth-order valence-electron chi connectivity index (χ4n) is 1.63. The number of aromatic amines is 1. The first-order valence-corrected chi connectivity index (χ1v) is 6.27. The average Bonchev–Trinajstić information content (AvgIpc) is 2.52. The smallest absolute Gasteiger partial charge is 0.257 e. The van der Waals surface area contributed by atoms with Crippen molar-refractivity contribution in [3.63, 3.8) is 0 Å². The molecule has 6 nitrogen and oxygen atoms in total. The lowest BCUT2D eigenvalue weighted by atomic mass is 10.2. The van der Waals surface area contributed by atoms with Crippen LogP contribution in [-0.4, -0.2) is 10.9 Å². The molecule has 108 valence electrons. The van der Waals surface area contributed by atoms with Crippen molar-refractivity contribution in [2.45, 2.75) is 6.61 Å². The number of nitrogens with two attached hydrogens (primary N) is 1. The molecule has 2 aromatic rings. The Labute approximate surface area is 121 Å². The van der Waals surface area contributed by atoms with Crippen LogP contribution in [0.15, 0.2) is 53.5 Å². The fourth-order valence-corrected chi connectivity index (χ4v) is 1.63. The van der Waals surface area contributed by atoms with Gasteiger partial charge in [-0.1, -0.05) is 30.3 Å². The van der Waals surface area contributed by atoms with Gasteiger partial charge < -0.3 is 9.72 Å². The maximum Gasteiger partial charge on any atom is 0.257 e. The van der Waals surface area contributed by atoms with Gasteiger partial charge in [0.25, 0.3) is 5.91 Å². The number of hydrogen-bond acceptors (Lipinski definition) is 4. The van der Waals surface area contributed by atoms with Crippen LogP contribution in [-0.2, 0) is 11.4 Å². The quantitative estimate of drug-likeness (QED) is 0.330. The monoisotopic (exact) mass is 285 g/mol. The summed E-state index contributed by atoms with van der Waals surface area (Å²) in [6, 6.07) is 10.9. The highest BCUT2D eigenvalue weighted by Gasteiger charge is 2.02. The van der Waals surface area contributed by atoms with Crippen molar-refractivity contribution in [1.29, 1.82) is 0 Å². The van der Waals surface area contributed by atoms with Crippen molar-refractivity contribution in [1.82, 2.24) is 10.4 Å². The summed E-state index contributed by atoms with van der Waals surface area (Å²) in [4.78, 5) is 25.7. The molecule has 6 heteroatoms. The lowest BCUT2D eigenvalue weighted by Gasteiger charge is -2.05. The van der Waals surface area contributed by atoms with Gasteiger partial charge in [-0.3, -0.25) is 15.0 Å². The van der Waals surface area contributed by atoms with Gasteiger partial charge in [0, 0.05) is 24.0 Å². The Hall–Kier alpha value is -2.86. The molecule has 0 saturated carbocycles. The third-order valence-corrected chi connectivity index (χ3v) is 2.69. The number of carbonyl (C=O) groups excluding carboxylic acids is 1. The Morgan fingerprint density at radius 1 is 1.33 bits per heavy atom. The largest absolute Gasteiger partial charge is 0.483 e. The molecule has 0 atom stereocenters. The molecule has 0 unspecified atom stereocenters. The molecule has 0 fully saturated rings. The first-order chi connectivity index (χ1) is 10.2. The Morgan fingerprint density at radius 2 is 2.10 bits per heavy atom. The third kappa shape index (κ3) is 4.32. The number of hydrazine groups is 1. The van der Waals surface area contributed by atoms with E-state index in [0.717, 1.165) is 5.56 Å². The van der Waals surface area contributed by atoms with Crippen LogP contribution in [0.2, 0.25) is 0 Å². The summed E-state index contributed by atoms with van der Waals surface area (Å²) in [5.41, 5.74) is 3.15. The normalized spacial score (nSPS) is 10.5. The van der Waals surface area contributed by atoms with Crippen molar-refractivity contribution < 1.29 is 9.53 Å². The van der Waals surface area contributed by atoms with Crippen LogP contribution in [0.1, 0.15) is 11.3 Å². The molecular weight excluding hydrogens is 270 g/mol. The van der Waals surface area contributed by atoms with E-state index >= 15 is 0 Å². The van der Waals surface area contributed by atoms with E-state index in [4.69, 9.17) is 10.6 Å². The number of nitrogens with one attached hydrogen (secondary N) is 2. The number of aromatic nitrogens is 1. The van der Waals surface area contributed by atoms with Crippen LogP contribution < -0.4 is 21.4 Å². The minimum atomic E-state index is -0.458. The van der Waals surface area contributed by atoms with Gasteiger partial charge in [0.1, 0.15) is 6.61 Å². The summed E-state index contributed by atoms with van der Waals surface area (Å²) < 4.78 is 5.46. The summed E-state index contributed by atoms with van der Waals surface area (Å²) in [7, 11) is 0. The Balaban J connectivity index is 2.04. The molecule has 0 radical (unpaired) electrons. The Bertz CT molecular complexity index is 693. The van der Waals surface area contributed by atoms with E-state index in [0.29, 0.717) is 12.3 Å². The van der Waals surface area contributed by atoms with Crippen LogP contribution in [0.3, 0.4) is 0 Å². The summed E-state index contributed by atoms with van der Waals surface area (Å²) in [5, 5.41) is 0. The van der Waals surface area contributed by atoms with Crippen molar-refractivity contribution in [3.05, 3.63) is 70.2 Å². The first-order valence-electron chi connectivity index (χ1n) is 6.27. The molecule has 1 aromatic heterocycles. The zero-order valence-corrected chi connectivity index (χ0v) is 11.2. The number of ether oxygens (including phenoxy) is 1. The van der Waals surface area contributed by atoms with E-state index < -0.39 is 5.91 Å². The minimum absolute atomic E-state index is 0.222. The molecule has 1 aromatic carbocycles. The number of amides is 1. The van der Waals surface area contributed by atoms with E-state index in [1.165, 1.54) is 24.4 Å². The number of rotatable bonds is 5. The fraction of sp³-hybridized carbons (Fsp3) is 0.0667.